The van der Waals surface area contributed by atoms with Crippen molar-refractivity contribution in [2.75, 3.05) is 31.3 Å². The van der Waals surface area contributed by atoms with Gasteiger partial charge in [0.15, 0.2) is 0 Å². The average molecular weight is 435 g/mol. The molecule has 1 N–H and O–H groups in total. The Kier molecular flexibility index (Phi) is 8.53. The first-order chi connectivity index (χ1) is 14.3. The number of nitrogens with zero attached hydrogens (tertiary/aromatic N) is 1. The molecule has 30 heavy (non-hydrogen) atoms. The fraction of sp³-hybridized carbons (Fsp3) is 0.409. The molecule has 1 atom stereocenters. The molecule has 0 aromatic heterocycles. The largest absolute Gasteiger partial charge is 0.497 e. The lowest BCUT2D eigenvalue weighted by Gasteiger charge is -2.30. The predicted molar refractivity (Wildman–Crippen MR) is 119 cm³/mol. The molecule has 0 aliphatic carbocycles. The van der Waals surface area contributed by atoms with Gasteiger partial charge in [-0.3, -0.25) is 9.10 Å². The van der Waals surface area contributed by atoms with Crippen molar-refractivity contribution in [3.63, 3.8) is 0 Å². The van der Waals surface area contributed by atoms with Gasteiger partial charge < -0.3 is 14.8 Å². The average Bonchev–Trinajstić information content (AvgIpc) is 2.74. The van der Waals surface area contributed by atoms with Crippen LogP contribution in [0, 0.1) is 0 Å². The standard InChI is InChI=1S/C22H30N2O5S/c1-5-21(24(30(4,26)27)18-10-14-20(29-3)15-11-18)22(25)23-16-6-7-17-8-12-19(28-2)13-9-17/h8-15,21H,5-7,16H2,1-4H3,(H,23,25)/t21-/m0/s1. The van der Waals surface area contributed by atoms with Gasteiger partial charge in [-0.05, 0) is 61.2 Å². The van der Waals surface area contributed by atoms with E-state index in [0.29, 0.717) is 24.4 Å². The van der Waals surface area contributed by atoms with Gasteiger partial charge in [-0.25, -0.2) is 8.42 Å². The molecule has 0 aliphatic heterocycles. The Bertz CT molecular complexity index is 912. The number of rotatable bonds is 11. The lowest BCUT2D eigenvalue weighted by atomic mass is 10.1. The zero-order valence-electron chi connectivity index (χ0n) is 17.9. The molecular formula is C22H30N2O5S. The first-order valence-corrected chi connectivity index (χ1v) is 11.7. The molecule has 164 valence electrons. The molecule has 1 amide bonds. The van der Waals surface area contributed by atoms with Crippen molar-refractivity contribution < 1.29 is 22.7 Å². The molecule has 7 nitrogen and oxygen atoms in total. The molecule has 0 aliphatic rings. The Labute approximate surface area is 179 Å². The lowest BCUT2D eigenvalue weighted by Crippen LogP contribution is -2.49. The van der Waals surface area contributed by atoms with Gasteiger partial charge in [-0.2, -0.15) is 0 Å². The van der Waals surface area contributed by atoms with E-state index in [1.807, 2.05) is 24.3 Å². The summed E-state index contributed by atoms with van der Waals surface area (Å²) in [6.45, 7) is 2.25. The number of sulfonamides is 1. The Hall–Kier alpha value is -2.74. The molecule has 0 fully saturated rings. The maximum Gasteiger partial charge on any atom is 0.243 e. The SMILES string of the molecule is CC[C@@H](C(=O)NCCCc1ccc(OC)cc1)N(c1ccc(OC)cc1)S(C)(=O)=O. The van der Waals surface area contributed by atoms with E-state index in [9.17, 15) is 13.2 Å². The van der Waals surface area contributed by atoms with Crippen molar-refractivity contribution >= 4 is 21.6 Å². The van der Waals surface area contributed by atoms with Crippen molar-refractivity contribution in [3.8, 4) is 11.5 Å². The number of hydrogen-bond acceptors (Lipinski definition) is 5. The molecule has 2 aromatic rings. The molecule has 0 saturated carbocycles. The minimum atomic E-state index is -3.65. The van der Waals surface area contributed by atoms with Crippen LogP contribution >= 0.6 is 0 Å². The number of carbonyl (C=O) groups is 1. The normalized spacial score (nSPS) is 12.1. The Morgan fingerprint density at radius 3 is 2.00 bits per heavy atom. The predicted octanol–water partition coefficient (Wildman–Crippen LogP) is 3.00. The summed E-state index contributed by atoms with van der Waals surface area (Å²) in [5.74, 6) is 1.11. The molecule has 2 aromatic carbocycles. The fourth-order valence-electron chi connectivity index (χ4n) is 3.20. The van der Waals surface area contributed by atoms with Crippen LogP contribution in [0.15, 0.2) is 48.5 Å². The highest BCUT2D eigenvalue weighted by Gasteiger charge is 2.31. The van der Waals surface area contributed by atoms with Crippen LogP contribution < -0.4 is 19.1 Å². The van der Waals surface area contributed by atoms with Crippen molar-refractivity contribution in [2.45, 2.75) is 32.2 Å². The number of hydrogen-bond donors (Lipinski definition) is 1. The van der Waals surface area contributed by atoms with Crippen LogP contribution in [0.1, 0.15) is 25.3 Å². The summed E-state index contributed by atoms with van der Waals surface area (Å²) in [5.41, 5.74) is 1.58. The van der Waals surface area contributed by atoms with Crippen LogP contribution in [0.3, 0.4) is 0 Å². The summed E-state index contributed by atoms with van der Waals surface area (Å²) < 4.78 is 36.4. The van der Waals surface area contributed by atoms with Gasteiger partial charge >= 0.3 is 0 Å². The van der Waals surface area contributed by atoms with E-state index in [0.717, 1.165) is 30.4 Å². The number of benzene rings is 2. The van der Waals surface area contributed by atoms with Gasteiger partial charge in [0.25, 0.3) is 0 Å². The smallest absolute Gasteiger partial charge is 0.243 e. The number of amides is 1. The number of anilines is 1. The highest BCUT2D eigenvalue weighted by Crippen LogP contribution is 2.25. The van der Waals surface area contributed by atoms with Crippen molar-refractivity contribution in [1.29, 1.82) is 0 Å². The van der Waals surface area contributed by atoms with Crippen LogP contribution in [0.5, 0.6) is 11.5 Å². The van der Waals surface area contributed by atoms with E-state index in [2.05, 4.69) is 5.32 Å². The maximum absolute atomic E-state index is 12.8. The second-order valence-corrected chi connectivity index (χ2v) is 8.78. The Morgan fingerprint density at radius 1 is 1.00 bits per heavy atom. The molecule has 8 heteroatoms. The third kappa shape index (κ3) is 6.38. The van der Waals surface area contributed by atoms with Gasteiger partial charge in [0.1, 0.15) is 17.5 Å². The summed E-state index contributed by atoms with van der Waals surface area (Å²) in [6, 6.07) is 13.6. The van der Waals surface area contributed by atoms with Crippen molar-refractivity contribution in [1.82, 2.24) is 5.32 Å². The zero-order chi connectivity index (χ0) is 22.1. The lowest BCUT2D eigenvalue weighted by molar-refractivity contribution is -0.122. The van der Waals surface area contributed by atoms with Crippen molar-refractivity contribution in [2.24, 2.45) is 0 Å². The number of carbonyl (C=O) groups excluding carboxylic acids is 1. The summed E-state index contributed by atoms with van der Waals surface area (Å²) in [4.78, 5) is 12.8. The highest BCUT2D eigenvalue weighted by molar-refractivity contribution is 7.92. The van der Waals surface area contributed by atoms with Crippen LogP contribution in [-0.4, -0.2) is 47.4 Å². The fourth-order valence-corrected chi connectivity index (χ4v) is 4.42. The molecule has 0 radical (unpaired) electrons. The molecule has 0 unspecified atom stereocenters. The first kappa shape index (κ1) is 23.5. The van der Waals surface area contributed by atoms with E-state index >= 15 is 0 Å². The number of methoxy groups -OCH3 is 2. The summed E-state index contributed by atoms with van der Waals surface area (Å²) >= 11 is 0. The van der Waals surface area contributed by atoms with Gasteiger partial charge in [-0.1, -0.05) is 19.1 Å². The van der Waals surface area contributed by atoms with E-state index < -0.39 is 16.1 Å². The van der Waals surface area contributed by atoms with Gasteiger partial charge in [0.05, 0.1) is 26.2 Å². The third-order valence-corrected chi connectivity index (χ3v) is 5.94. The summed E-state index contributed by atoms with van der Waals surface area (Å²) in [7, 11) is -0.490. The number of nitrogens with one attached hydrogen (secondary N) is 1. The van der Waals surface area contributed by atoms with Gasteiger partial charge in [-0.15, -0.1) is 0 Å². The molecule has 0 saturated heterocycles. The van der Waals surface area contributed by atoms with Crippen LogP contribution in [0.4, 0.5) is 5.69 Å². The second kappa shape index (κ2) is 10.9. The molecular weight excluding hydrogens is 404 g/mol. The number of aryl methyl sites for hydroxylation is 1. The minimum Gasteiger partial charge on any atom is -0.497 e. The monoisotopic (exact) mass is 434 g/mol. The quantitative estimate of drug-likeness (QED) is 0.550. The molecule has 2 rings (SSSR count). The molecule has 0 bridgehead atoms. The zero-order valence-corrected chi connectivity index (χ0v) is 18.7. The third-order valence-electron chi connectivity index (χ3n) is 4.76. The summed E-state index contributed by atoms with van der Waals surface area (Å²) in [5, 5.41) is 2.88. The molecule has 0 heterocycles. The number of ether oxygens (including phenoxy) is 2. The van der Waals surface area contributed by atoms with Gasteiger partial charge in [0.2, 0.25) is 15.9 Å². The Balaban J connectivity index is 2.02. The molecule has 0 spiro atoms. The van der Waals surface area contributed by atoms with Gasteiger partial charge in [0, 0.05) is 6.54 Å². The summed E-state index contributed by atoms with van der Waals surface area (Å²) in [6.07, 6.45) is 3.01. The van der Waals surface area contributed by atoms with E-state index in [4.69, 9.17) is 9.47 Å². The van der Waals surface area contributed by atoms with E-state index in [1.165, 1.54) is 11.4 Å². The maximum atomic E-state index is 12.8. The van der Waals surface area contributed by atoms with E-state index in [-0.39, 0.29) is 5.91 Å². The van der Waals surface area contributed by atoms with Crippen molar-refractivity contribution in [3.05, 3.63) is 54.1 Å². The first-order valence-electron chi connectivity index (χ1n) is 9.84. The van der Waals surface area contributed by atoms with Crippen LogP contribution in [-0.2, 0) is 21.2 Å². The highest BCUT2D eigenvalue weighted by atomic mass is 32.2. The second-order valence-electron chi connectivity index (χ2n) is 6.92. The van der Waals surface area contributed by atoms with Crippen LogP contribution in [0.2, 0.25) is 0 Å². The minimum absolute atomic E-state index is 0.312. The Morgan fingerprint density at radius 2 is 1.53 bits per heavy atom. The topological polar surface area (TPSA) is 84.9 Å². The van der Waals surface area contributed by atoms with E-state index in [1.54, 1.807) is 38.3 Å². The van der Waals surface area contributed by atoms with Crippen LogP contribution in [0.25, 0.3) is 0 Å².